The Morgan fingerprint density at radius 2 is 1.79 bits per heavy atom. The average molecular weight is 325 g/mol. The quantitative estimate of drug-likeness (QED) is 0.810. The third-order valence-corrected chi connectivity index (χ3v) is 4.77. The number of hydrogen-bond acceptors (Lipinski definition) is 4. The molecule has 1 unspecified atom stereocenters. The maximum atomic E-state index is 12.7. The van der Waals surface area contributed by atoms with Crippen molar-refractivity contribution < 1.29 is 19.0 Å². The number of carbonyl (C=O) groups excluding carboxylic acids is 1. The number of fused-ring (bicyclic) bond motifs is 1. The maximum Gasteiger partial charge on any atom is 0.235 e. The minimum atomic E-state index is -0.465. The summed E-state index contributed by atoms with van der Waals surface area (Å²) < 4.78 is 16.1. The summed E-state index contributed by atoms with van der Waals surface area (Å²) in [7, 11) is 1.63. The van der Waals surface area contributed by atoms with E-state index in [2.05, 4.69) is 0 Å². The van der Waals surface area contributed by atoms with Gasteiger partial charge in [-0.2, -0.15) is 0 Å². The summed E-state index contributed by atoms with van der Waals surface area (Å²) in [5.74, 6) is 2.36. The van der Waals surface area contributed by atoms with Crippen LogP contribution in [0, 0.1) is 5.41 Å². The SMILES string of the molecule is COc1ccc(N2C(=O)C(C)(C)C2c2ccc3c(c2)OCO3)cc1. The van der Waals surface area contributed by atoms with E-state index in [-0.39, 0.29) is 18.7 Å². The van der Waals surface area contributed by atoms with Crippen molar-refractivity contribution in [3.05, 3.63) is 48.0 Å². The maximum absolute atomic E-state index is 12.7. The van der Waals surface area contributed by atoms with Gasteiger partial charge in [0.15, 0.2) is 11.5 Å². The summed E-state index contributed by atoms with van der Waals surface area (Å²) in [5, 5.41) is 0. The van der Waals surface area contributed by atoms with Gasteiger partial charge in [0.25, 0.3) is 0 Å². The fourth-order valence-electron chi connectivity index (χ4n) is 3.46. The van der Waals surface area contributed by atoms with Crippen LogP contribution in [0.2, 0.25) is 0 Å². The molecule has 1 amide bonds. The van der Waals surface area contributed by atoms with Crippen molar-refractivity contribution in [1.82, 2.24) is 0 Å². The van der Waals surface area contributed by atoms with Crippen LogP contribution in [-0.4, -0.2) is 19.8 Å². The molecule has 2 heterocycles. The first-order valence-corrected chi connectivity index (χ1v) is 7.89. The van der Waals surface area contributed by atoms with Gasteiger partial charge < -0.3 is 19.1 Å². The van der Waals surface area contributed by atoms with Crippen LogP contribution < -0.4 is 19.1 Å². The molecule has 1 atom stereocenters. The molecule has 0 spiro atoms. The first-order valence-electron chi connectivity index (χ1n) is 7.89. The van der Waals surface area contributed by atoms with Crippen LogP contribution in [0.15, 0.2) is 42.5 Å². The smallest absolute Gasteiger partial charge is 0.235 e. The number of amides is 1. The van der Waals surface area contributed by atoms with Gasteiger partial charge in [-0.15, -0.1) is 0 Å². The number of hydrogen-bond donors (Lipinski definition) is 0. The highest BCUT2D eigenvalue weighted by molar-refractivity contribution is 6.05. The number of rotatable bonds is 3. The molecule has 4 rings (SSSR count). The lowest BCUT2D eigenvalue weighted by Crippen LogP contribution is -2.61. The Hall–Kier alpha value is -2.69. The Morgan fingerprint density at radius 1 is 1.08 bits per heavy atom. The van der Waals surface area contributed by atoms with Crippen LogP contribution >= 0.6 is 0 Å². The predicted octanol–water partition coefficient (Wildman–Crippen LogP) is 3.54. The Kier molecular flexibility index (Phi) is 3.20. The van der Waals surface area contributed by atoms with E-state index in [1.165, 1.54) is 0 Å². The van der Waals surface area contributed by atoms with Gasteiger partial charge in [0.2, 0.25) is 12.7 Å². The first-order chi connectivity index (χ1) is 11.5. The summed E-state index contributed by atoms with van der Waals surface area (Å²) >= 11 is 0. The van der Waals surface area contributed by atoms with Crippen molar-refractivity contribution in [2.45, 2.75) is 19.9 Å². The summed E-state index contributed by atoms with van der Waals surface area (Å²) in [6, 6.07) is 13.4. The van der Waals surface area contributed by atoms with E-state index in [4.69, 9.17) is 14.2 Å². The molecule has 2 aromatic rings. The normalized spacial score (nSPS) is 20.7. The predicted molar refractivity (Wildman–Crippen MR) is 89.6 cm³/mol. The van der Waals surface area contributed by atoms with E-state index in [0.29, 0.717) is 0 Å². The second-order valence-electron chi connectivity index (χ2n) is 6.61. The molecule has 0 saturated carbocycles. The number of ether oxygens (including phenoxy) is 3. The van der Waals surface area contributed by atoms with Crippen molar-refractivity contribution >= 4 is 11.6 Å². The van der Waals surface area contributed by atoms with Gasteiger partial charge >= 0.3 is 0 Å². The van der Waals surface area contributed by atoms with E-state index in [1.807, 2.05) is 61.2 Å². The molecule has 24 heavy (non-hydrogen) atoms. The van der Waals surface area contributed by atoms with Gasteiger partial charge in [-0.1, -0.05) is 6.07 Å². The number of methoxy groups -OCH3 is 1. The Morgan fingerprint density at radius 3 is 2.50 bits per heavy atom. The van der Waals surface area contributed by atoms with Crippen molar-refractivity contribution in [3.8, 4) is 17.2 Å². The Bertz CT molecular complexity index is 798. The van der Waals surface area contributed by atoms with Crippen LogP contribution in [0.5, 0.6) is 17.2 Å². The molecule has 1 fully saturated rings. The van der Waals surface area contributed by atoms with Gasteiger partial charge in [0.1, 0.15) is 5.75 Å². The zero-order chi connectivity index (χ0) is 16.9. The van der Waals surface area contributed by atoms with E-state index in [9.17, 15) is 4.79 Å². The summed E-state index contributed by atoms with van der Waals surface area (Å²) in [5.41, 5.74) is 1.44. The minimum absolute atomic E-state index is 0.0482. The second-order valence-corrected chi connectivity index (χ2v) is 6.61. The highest BCUT2D eigenvalue weighted by Gasteiger charge is 2.55. The number of nitrogens with zero attached hydrogens (tertiary/aromatic N) is 1. The zero-order valence-electron chi connectivity index (χ0n) is 13.9. The highest BCUT2D eigenvalue weighted by Crippen LogP contribution is 2.52. The molecule has 0 aromatic heterocycles. The molecule has 1 saturated heterocycles. The third-order valence-electron chi connectivity index (χ3n) is 4.77. The summed E-state index contributed by atoms with van der Waals surface area (Å²) in [4.78, 5) is 14.5. The number of β-lactam (4-membered cyclic amide) rings is 1. The first kappa shape index (κ1) is 14.9. The van der Waals surface area contributed by atoms with E-state index in [1.54, 1.807) is 7.11 Å². The molecule has 0 aliphatic carbocycles. The Balaban J connectivity index is 1.72. The number of carbonyl (C=O) groups is 1. The molecule has 124 valence electrons. The van der Waals surface area contributed by atoms with Crippen LogP contribution in [0.3, 0.4) is 0 Å². The number of anilines is 1. The molecule has 2 aliphatic rings. The average Bonchev–Trinajstić information content (AvgIpc) is 3.06. The topological polar surface area (TPSA) is 48.0 Å². The monoisotopic (exact) mass is 325 g/mol. The van der Waals surface area contributed by atoms with Crippen LogP contribution in [0.1, 0.15) is 25.5 Å². The van der Waals surface area contributed by atoms with E-state index < -0.39 is 5.41 Å². The second kappa shape index (κ2) is 5.16. The zero-order valence-corrected chi connectivity index (χ0v) is 13.9. The molecule has 2 aromatic carbocycles. The minimum Gasteiger partial charge on any atom is -0.497 e. The van der Waals surface area contributed by atoms with Crippen molar-refractivity contribution in [3.63, 3.8) is 0 Å². The molecular formula is C19H19NO4. The van der Waals surface area contributed by atoms with Crippen molar-refractivity contribution in [2.75, 3.05) is 18.8 Å². The lowest BCUT2D eigenvalue weighted by Gasteiger charge is -2.53. The van der Waals surface area contributed by atoms with Gasteiger partial charge in [-0.05, 0) is 55.8 Å². The molecule has 0 N–H and O–H groups in total. The molecule has 0 bridgehead atoms. The standard InChI is InChI=1S/C19H19NO4/c1-19(2)17(12-4-9-15-16(10-12)24-11-23-15)20(18(19)21)13-5-7-14(22-3)8-6-13/h4-10,17H,11H2,1-3H3. The largest absolute Gasteiger partial charge is 0.497 e. The summed E-state index contributed by atoms with van der Waals surface area (Å²) in [6.45, 7) is 4.20. The van der Waals surface area contributed by atoms with Gasteiger partial charge in [-0.3, -0.25) is 4.79 Å². The van der Waals surface area contributed by atoms with Crippen LogP contribution in [0.4, 0.5) is 5.69 Å². The van der Waals surface area contributed by atoms with E-state index >= 15 is 0 Å². The van der Waals surface area contributed by atoms with Gasteiger partial charge in [0, 0.05) is 5.69 Å². The van der Waals surface area contributed by atoms with E-state index in [0.717, 1.165) is 28.5 Å². The Labute approximate surface area is 140 Å². The third kappa shape index (κ3) is 2.04. The van der Waals surface area contributed by atoms with Crippen molar-refractivity contribution in [1.29, 1.82) is 0 Å². The fraction of sp³-hybridized carbons (Fsp3) is 0.316. The molecular weight excluding hydrogens is 306 g/mol. The van der Waals surface area contributed by atoms with Crippen LogP contribution in [0.25, 0.3) is 0 Å². The number of benzene rings is 2. The highest BCUT2D eigenvalue weighted by atomic mass is 16.7. The van der Waals surface area contributed by atoms with Gasteiger partial charge in [-0.25, -0.2) is 0 Å². The molecule has 5 nitrogen and oxygen atoms in total. The molecule has 2 aliphatic heterocycles. The molecule has 5 heteroatoms. The van der Waals surface area contributed by atoms with Crippen LogP contribution in [-0.2, 0) is 4.79 Å². The lowest BCUT2D eigenvalue weighted by atomic mass is 9.70. The fourth-order valence-corrected chi connectivity index (χ4v) is 3.46. The molecule has 0 radical (unpaired) electrons. The van der Waals surface area contributed by atoms with Crippen molar-refractivity contribution in [2.24, 2.45) is 5.41 Å². The summed E-state index contributed by atoms with van der Waals surface area (Å²) in [6.07, 6.45) is 0. The van der Waals surface area contributed by atoms with Gasteiger partial charge in [0.05, 0.1) is 18.6 Å². The lowest BCUT2D eigenvalue weighted by molar-refractivity contribution is -0.137.